The Balaban J connectivity index is 1.65. The van der Waals surface area contributed by atoms with Gasteiger partial charge in [-0.1, -0.05) is 18.2 Å². The fourth-order valence-corrected chi connectivity index (χ4v) is 3.06. The summed E-state index contributed by atoms with van der Waals surface area (Å²) in [7, 11) is 4.07. The van der Waals surface area contributed by atoms with Crippen molar-refractivity contribution in [2.75, 3.05) is 13.6 Å². The summed E-state index contributed by atoms with van der Waals surface area (Å²) in [5, 5.41) is 1.09. The van der Waals surface area contributed by atoms with Crippen molar-refractivity contribution in [2.45, 2.75) is 26.3 Å². The molecule has 0 bridgehead atoms. The van der Waals surface area contributed by atoms with Crippen LogP contribution >= 0.6 is 0 Å². The van der Waals surface area contributed by atoms with Gasteiger partial charge in [0.15, 0.2) is 0 Å². The van der Waals surface area contributed by atoms with Crippen molar-refractivity contribution >= 4 is 10.9 Å². The third-order valence-electron chi connectivity index (χ3n) is 4.47. The number of aromatic amines is 1. The van der Waals surface area contributed by atoms with Crippen LogP contribution < -0.4 is 5.56 Å². The summed E-state index contributed by atoms with van der Waals surface area (Å²) >= 11 is 0. The number of benzene rings is 1. The van der Waals surface area contributed by atoms with Crippen LogP contribution in [-0.4, -0.2) is 33.0 Å². The molecule has 24 heavy (non-hydrogen) atoms. The molecule has 5 heteroatoms. The van der Waals surface area contributed by atoms with E-state index in [1.54, 1.807) is 0 Å². The summed E-state index contributed by atoms with van der Waals surface area (Å²) in [6.45, 7) is 3.60. The number of hydrogen-bond acceptors (Lipinski definition) is 3. The number of hydrogen-bond donors (Lipinski definition) is 1. The van der Waals surface area contributed by atoms with Gasteiger partial charge in [0.05, 0.1) is 5.52 Å². The molecule has 5 nitrogen and oxygen atoms in total. The maximum atomic E-state index is 12.3. The zero-order valence-corrected chi connectivity index (χ0v) is 14.5. The molecule has 1 aromatic carbocycles. The first-order valence-corrected chi connectivity index (χ1v) is 8.31. The minimum Gasteiger partial charge on any atom is -0.338 e. The lowest BCUT2D eigenvalue weighted by Crippen LogP contribution is -2.24. The lowest BCUT2D eigenvalue weighted by molar-refractivity contribution is 0.319. The molecule has 0 saturated heterocycles. The van der Waals surface area contributed by atoms with E-state index in [9.17, 15) is 4.79 Å². The fourth-order valence-electron chi connectivity index (χ4n) is 3.06. The van der Waals surface area contributed by atoms with E-state index >= 15 is 0 Å². The highest BCUT2D eigenvalue weighted by molar-refractivity contribution is 5.81. The molecule has 0 amide bonds. The highest BCUT2D eigenvalue weighted by atomic mass is 16.1. The highest BCUT2D eigenvalue weighted by Gasteiger charge is 2.08. The topological polar surface area (TPSA) is 53.9 Å². The molecule has 0 aliphatic heterocycles. The molecule has 0 radical (unpaired) electrons. The Morgan fingerprint density at radius 1 is 1.33 bits per heavy atom. The van der Waals surface area contributed by atoms with Crippen LogP contribution in [0.1, 0.15) is 23.4 Å². The molecular weight excluding hydrogens is 300 g/mol. The normalized spacial score (nSPS) is 11.5. The van der Waals surface area contributed by atoms with E-state index < -0.39 is 0 Å². The molecule has 0 saturated carbocycles. The second-order valence-corrected chi connectivity index (χ2v) is 6.46. The van der Waals surface area contributed by atoms with Crippen molar-refractivity contribution in [1.29, 1.82) is 0 Å². The van der Waals surface area contributed by atoms with Crippen LogP contribution in [0.2, 0.25) is 0 Å². The van der Waals surface area contributed by atoms with E-state index in [0.717, 1.165) is 47.2 Å². The van der Waals surface area contributed by atoms with E-state index in [4.69, 9.17) is 0 Å². The molecule has 2 heterocycles. The number of pyridine rings is 1. The Kier molecular flexibility index (Phi) is 4.81. The van der Waals surface area contributed by atoms with Gasteiger partial charge >= 0.3 is 0 Å². The summed E-state index contributed by atoms with van der Waals surface area (Å²) < 4.78 is 2.05. The van der Waals surface area contributed by atoms with Crippen molar-refractivity contribution in [3.63, 3.8) is 0 Å². The number of imidazole rings is 1. The Morgan fingerprint density at radius 2 is 2.17 bits per heavy atom. The molecule has 0 fully saturated rings. The predicted molar refractivity (Wildman–Crippen MR) is 97.2 cm³/mol. The first kappa shape index (κ1) is 16.5. The van der Waals surface area contributed by atoms with Crippen LogP contribution in [-0.2, 0) is 20.0 Å². The monoisotopic (exact) mass is 324 g/mol. The molecule has 0 aliphatic rings. The van der Waals surface area contributed by atoms with Crippen molar-refractivity contribution in [2.24, 2.45) is 7.05 Å². The Bertz CT molecular complexity index is 894. The molecule has 0 atom stereocenters. The van der Waals surface area contributed by atoms with Crippen molar-refractivity contribution < 1.29 is 0 Å². The maximum absolute atomic E-state index is 12.3. The molecule has 3 aromatic rings. The lowest BCUT2D eigenvalue weighted by atomic mass is 10.1. The van der Waals surface area contributed by atoms with Gasteiger partial charge in [0.2, 0.25) is 0 Å². The highest BCUT2D eigenvalue weighted by Crippen LogP contribution is 2.15. The summed E-state index contributed by atoms with van der Waals surface area (Å²) in [6.07, 6.45) is 5.76. The Hall–Kier alpha value is -2.40. The molecule has 1 N–H and O–H groups in total. The van der Waals surface area contributed by atoms with Crippen LogP contribution in [0.4, 0.5) is 0 Å². The quantitative estimate of drug-likeness (QED) is 0.758. The third-order valence-corrected chi connectivity index (χ3v) is 4.47. The van der Waals surface area contributed by atoms with Gasteiger partial charge in [0.1, 0.15) is 5.82 Å². The minimum atomic E-state index is 0.00718. The molecule has 3 rings (SSSR count). The number of nitrogens with one attached hydrogen (secondary N) is 1. The van der Waals surface area contributed by atoms with Gasteiger partial charge in [-0.25, -0.2) is 4.98 Å². The third kappa shape index (κ3) is 3.57. The molecule has 126 valence electrons. The smallest absolute Gasteiger partial charge is 0.252 e. The van der Waals surface area contributed by atoms with Gasteiger partial charge in [-0.3, -0.25) is 4.79 Å². The number of nitrogens with zero attached hydrogens (tertiary/aromatic N) is 3. The largest absolute Gasteiger partial charge is 0.338 e. The second kappa shape index (κ2) is 7.01. The van der Waals surface area contributed by atoms with Crippen molar-refractivity contribution in [1.82, 2.24) is 19.4 Å². The van der Waals surface area contributed by atoms with Crippen LogP contribution in [0.3, 0.4) is 0 Å². The first-order valence-electron chi connectivity index (χ1n) is 8.31. The van der Waals surface area contributed by atoms with Crippen molar-refractivity contribution in [3.05, 3.63) is 64.0 Å². The first-order chi connectivity index (χ1) is 11.5. The number of aromatic nitrogens is 3. The number of rotatable bonds is 6. The molecule has 0 aliphatic carbocycles. The summed E-state index contributed by atoms with van der Waals surface area (Å²) in [5.41, 5.74) is 2.85. The zero-order valence-electron chi connectivity index (χ0n) is 14.5. The van der Waals surface area contributed by atoms with Crippen LogP contribution in [0.25, 0.3) is 10.9 Å². The van der Waals surface area contributed by atoms with E-state index in [1.807, 2.05) is 50.6 Å². The maximum Gasteiger partial charge on any atom is 0.252 e. The van der Waals surface area contributed by atoms with Gasteiger partial charge in [-0.15, -0.1) is 0 Å². The number of fused-ring (bicyclic) bond motifs is 1. The van der Waals surface area contributed by atoms with E-state index in [-0.39, 0.29) is 5.56 Å². The van der Waals surface area contributed by atoms with Crippen LogP contribution in [0, 0.1) is 6.92 Å². The summed E-state index contributed by atoms with van der Waals surface area (Å²) in [4.78, 5) is 21.9. The Labute approximate surface area is 142 Å². The Morgan fingerprint density at radius 3 is 2.92 bits per heavy atom. The van der Waals surface area contributed by atoms with Crippen molar-refractivity contribution in [3.8, 4) is 0 Å². The average molecular weight is 324 g/mol. The average Bonchev–Trinajstić information content (AvgIpc) is 2.94. The van der Waals surface area contributed by atoms with Crippen LogP contribution in [0.5, 0.6) is 0 Å². The second-order valence-electron chi connectivity index (χ2n) is 6.46. The van der Waals surface area contributed by atoms with Gasteiger partial charge in [-0.2, -0.15) is 0 Å². The standard InChI is InChI=1S/C19H24N4O/c1-14-6-4-7-15-12-16(19(24)21-18(14)15)13-22(2)10-5-8-17-20-9-11-23(17)3/h4,6-7,9,11-12H,5,8,10,13H2,1-3H3,(H,21,24). The predicted octanol–water partition coefficient (Wildman–Crippen LogP) is 2.63. The van der Waals surface area contributed by atoms with Gasteiger partial charge in [-0.05, 0) is 44.0 Å². The molecule has 0 spiro atoms. The lowest BCUT2D eigenvalue weighted by Gasteiger charge is -2.16. The number of para-hydroxylation sites is 1. The van der Waals surface area contributed by atoms with Gasteiger partial charge in [0.25, 0.3) is 5.56 Å². The summed E-state index contributed by atoms with van der Waals surface area (Å²) in [6, 6.07) is 8.09. The molecule has 0 unspecified atom stereocenters. The van der Waals surface area contributed by atoms with Gasteiger partial charge < -0.3 is 14.5 Å². The van der Waals surface area contributed by atoms with E-state index in [1.165, 1.54) is 0 Å². The minimum absolute atomic E-state index is 0.00718. The SMILES string of the molecule is Cc1cccc2cc(CN(C)CCCc3nccn3C)c(=O)[nH]c12. The molecular formula is C19H24N4O. The number of H-pyrrole nitrogens is 1. The zero-order chi connectivity index (χ0) is 17.1. The van der Waals surface area contributed by atoms with Gasteiger partial charge in [0, 0.05) is 38.0 Å². The molecule has 2 aromatic heterocycles. The fraction of sp³-hybridized carbons (Fsp3) is 0.368. The van der Waals surface area contributed by atoms with E-state index in [0.29, 0.717) is 6.54 Å². The summed E-state index contributed by atoms with van der Waals surface area (Å²) in [5.74, 6) is 1.10. The van der Waals surface area contributed by atoms with E-state index in [2.05, 4.69) is 26.5 Å². The van der Waals surface area contributed by atoms with Crippen LogP contribution in [0.15, 0.2) is 41.5 Å². The number of aryl methyl sites for hydroxylation is 3.